The highest BCUT2D eigenvalue weighted by Gasteiger charge is 2.00. The lowest BCUT2D eigenvalue weighted by atomic mass is 10.1. The van der Waals surface area contributed by atoms with Crippen LogP contribution in [-0.2, 0) is 6.54 Å². The van der Waals surface area contributed by atoms with E-state index in [4.69, 9.17) is 0 Å². The molecule has 0 radical (unpaired) electrons. The number of hydrogen-bond acceptors (Lipinski definition) is 2. The summed E-state index contributed by atoms with van der Waals surface area (Å²) in [7, 11) is 0. The normalized spacial score (nSPS) is 10.6. The summed E-state index contributed by atoms with van der Waals surface area (Å²) in [6.07, 6.45) is 0.903. The number of rotatable bonds is 4. The van der Waals surface area contributed by atoms with Crippen LogP contribution >= 0.6 is 22.6 Å². The van der Waals surface area contributed by atoms with Crippen LogP contribution in [0.25, 0.3) is 0 Å². The first-order valence-corrected chi connectivity index (χ1v) is 5.68. The van der Waals surface area contributed by atoms with E-state index in [9.17, 15) is 4.79 Å². The number of hydrogen-bond donors (Lipinski definition) is 1. The Morgan fingerprint density at radius 3 is 2.79 bits per heavy atom. The molecule has 2 nitrogen and oxygen atoms in total. The van der Waals surface area contributed by atoms with Crippen molar-refractivity contribution in [2.24, 2.45) is 0 Å². The van der Waals surface area contributed by atoms with E-state index in [1.807, 2.05) is 18.2 Å². The second-order valence-corrected chi connectivity index (χ2v) is 4.67. The number of nitrogens with one attached hydrogen (secondary N) is 1. The zero-order valence-corrected chi connectivity index (χ0v) is 10.5. The summed E-state index contributed by atoms with van der Waals surface area (Å²) in [5.41, 5.74) is 1.93. The monoisotopic (exact) mass is 303 g/mol. The molecule has 1 rings (SSSR count). The highest BCUT2D eigenvalue weighted by molar-refractivity contribution is 14.1. The van der Waals surface area contributed by atoms with Gasteiger partial charge in [-0.2, -0.15) is 0 Å². The minimum atomic E-state index is 0.467. The van der Waals surface area contributed by atoms with Crippen LogP contribution in [0.4, 0.5) is 0 Å². The summed E-state index contributed by atoms with van der Waals surface area (Å²) in [5.74, 6) is 0. The average Bonchev–Trinajstić information content (AvgIpc) is 2.16. The number of benzene rings is 1. The molecule has 1 aromatic rings. The average molecular weight is 303 g/mol. The minimum absolute atomic E-state index is 0.467. The Morgan fingerprint density at radius 1 is 1.50 bits per heavy atom. The molecule has 0 saturated heterocycles. The Labute approximate surface area is 98.2 Å². The molecule has 0 aliphatic rings. The second-order valence-electron chi connectivity index (χ2n) is 3.51. The van der Waals surface area contributed by atoms with E-state index in [0.29, 0.717) is 6.04 Å². The number of aldehydes is 1. The molecule has 0 fully saturated rings. The molecule has 0 atom stereocenters. The third-order valence-corrected chi connectivity index (χ3v) is 2.88. The fourth-order valence-corrected chi connectivity index (χ4v) is 1.58. The van der Waals surface area contributed by atoms with Crippen molar-refractivity contribution >= 4 is 28.9 Å². The third-order valence-electron chi connectivity index (χ3n) is 1.90. The summed E-state index contributed by atoms with van der Waals surface area (Å²) < 4.78 is 1.01. The zero-order chi connectivity index (χ0) is 10.6. The summed E-state index contributed by atoms with van der Waals surface area (Å²) in [6, 6.07) is 6.42. The first-order valence-electron chi connectivity index (χ1n) is 4.60. The lowest BCUT2D eigenvalue weighted by Gasteiger charge is -2.08. The third kappa shape index (κ3) is 3.38. The molecule has 0 amide bonds. The van der Waals surface area contributed by atoms with E-state index in [1.54, 1.807) is 0 Å². The molecule has 0 aromatic heterocycles. The van der Waals surface area contributed by atoms with Crippen LogP contribution in [0.2, 0.25) is 0 Å². The van der Waals surface area contributed by atoms with Crippen molar-refractivity contribution in [2.45, 2.75) is 26.4 Å². The Kier molecular flexibility index (Phi) is 4.54. The molecule has 0 aliphatic carbocycles. The van der Waals surface area contributed by atoms with Gasteiger partial charge in [-0.25, -0.2) is 0 Å². The predicted octanol–water partition coefficient (Wildman–Crippen LogP) is 2.60. The molecule has 0 bridgehead atoms. The highest BCUT2D eigenvalue weighted by Crippen LogP contribution is 2.12. The Balaban J connectivity index is 2.74. The quantitative estimate of drug-likeness (QED) is 0.684. The van der Waals surface area contributed by atoms with E-state index in [1.165, 1.54) is 0 Å². The molecule has 3 heteroatoms. The van der Waals surface area contributed by atoms with E-state index in [2.05, 4.69) is 41.8 Å². The van der Waals surface area contributed by atoms with Gasteiger partial charge in [0.25, 0.3) is 0 Å². The summed E-state index contributed by atoms with van der Waals surface area (Å²) >= 11 is 2.17. The molecule has 0 aliphatic heterocycles. The molecule has 1 aromatic carbocycles. The summed E-state index contributed by atoms with van der Waals surface area (Å²) in [4.78, 5) is 10.7. The standard InChI is InChI=1S/C11H14INO/c1-8(2)13-6-9-3-4-11(12)10(5-9)7-14/h3-5,7-8,13H,6H2,1-2H3. The van der Waals surface area contributed by atoms with Crippen LogP contribution in [0.1, 0.15) is 29.8 Å². The van der Waals surface area contributed by atoms with Gasteiger partial charge in [-0.3, -0.25) is 4.79 Å². The maximum Gasteiger partial charge on any atom is 0.151 e. The van der Waals surface area contributed by atoms with Gasteiger partial charge in [-0.05, 0) is 40.3 Å². The molecule has 0 saturated carbocycles. The van der Waals surface area contributed by atoms with Crippen molar-refractivity contribution in [3.8, 4) is 0 Å². The molecule has 14 heavy (non-hydrogen) atoms. The van der Waals surface area contributed by atoms with Crippen LogP contribution in [-0.4, -0.2) is 12.3 Å². The van der Waals surface area contributed by atoms with E-state index in [-0.39, 0.29) is 0 Å². The number of halogens is 1. The van der Waals surface area contributed by atoms with Crippen molar-refractivity contribution in [1.82, 2.24) is 5.32 Å². The van der Waals surface area contributed by atoms with Crippen LogP contribution in [0.5, 0.6) is 0 Å². The SMILES string of the molecule is CC(C)NCc1ccc(I)c(C=O)c1. The highest BCUT2D eigenvalue weighted by atomic mass is 127. The summed E-state index contributed by atoms with van der Waals surface area (Å²) in [6.45, 7) is 5.02. The lowest BCUT2D eigenvalue weighted by molar-refractivity contribution is 0.112. The molecule has 76 valence electrons. The van der Waals surface area contributed by atoms with Crippen molar-refractivity contribution in [1.29, 1.82) is 0 Å². The molecule has 0 heterocycles. The first-order chi connectivity index (χ1) is 6.63. The van der Waals surface area contributed by atoms with Crippen LogP contribution < -0.4 is 5.32 Å². The van der Waals surface area contributed by atoms with Gasteiger partial charge >= 0.3 is 0 Å². The van der Waals surface area contributed by atoms with Gasteiger partial charge in [-0.15, -0.1) is 0 Å². The van der Waals surface area contributed by atoms with Crippen molar-refractivity contribution in [3.63, 3.8) is 0 Å². The number of carbonyl (C=O) groups excluding carboxylic acids is 1. The molecular formula is C11H14INO. The van der Waals surface area contributed by atoms with E-state index >= 15 is 0 Å². The van der Waals surface area contributed by atoms with Crippen LogP contribution in [0, 0.1) is 3.57 Å². The fourth-order valence-electron chi connectivity index (χ4n) is 1.12. The Bertz CT molecular complexity index is 323. The van der Waals surface area contributed by atoms with E-state index in [0.717, 1.165) is 27.5 Å². The van der Waals surface area contributed by atoms with Gasteiger partial charge in [0.1, 0.15) is 0 Å². The maximum atomic E-state index is 10.7. The van der Waals surface area contributed by atoms with Crippen molar-refractivity contribution in [3.05, 3.63) is 32.9 Å². The maximum absolute atomic E-state index is 10.7. The van der Waals surface area contributed by atoms with Gasteiger partial charge in [0, 0.05) is 21.7 Å². The van der Waals surface area contributed by atoms with Gasteiger partial charge in [0.2, 0.25) is 0 Å². The zero-order valence-electron chi connectivity index (χ0n) is 8.38. The smallest absolute Gasteiger partial charge is 0.151 e. The molecule has 0 spiro atoms. The van der Waals surface area contributed by atoms with Gasteiger partial charge < -0.3 is 5.32 Å². The van der Waals surface area contributed by atoms with Gasteiger partial charge in [0.05, 0.1) is 0 Å². The largest absolute Gasteiger partial charge is 0.310 e. The van der Waals surface area contributed by atoms with Crippen LogP contribution in [0.3, 0.4) is 0 Å². The first kappa shape index (κ1) is 11.7. The van der Waals surface area contributed by atoms with Gasteiger partial charge in [-0.1, -0.05) is 19.9 Å². The second kappa shape index (κ2) is 5.46. The van der Waals surface area contributed by atoms with E-state index < -0.39 is 0 Å². The Morgan fingerprint density at radius 2 is 2.21 bits per heavy atom. The summed E-state index contributed by atoms with van der Waals surface area (Å²) in [5, 5.41) is 3.31. The number of carbonyl (C=O) groups is 1. The Hall–Kier alpha value is -0.420. The fraction of sp³-hybridized carbons (Fsp3) is 0.364. The van der Waals surface area contributed by atoms with Crippen molar-refractivity contribution in [2.75, 3.05) is 0 Å². The van der Waals surface area contributed by atoms with Crippen LogP contribution in [0.15, 0.2) is 18.2 Å². The minimum Gasteiger partial charge on any atom is -0.310 e. The van der Waals surface area contributed by atoms with Crippen molar-refractivity contribution < 1.29 is 4.79 Å². The molecule has 1 N–H and O–H groups in total. The topological polar surface area (TPSA) is 29.1 Å². The van der Waals surface area contributed by atoms with Gasteiger partial charge in [0.15, 0.2) is 6.29 Å². The predicted molar refractivity (Wildman–Crippen MR) is 66.5 cm³/mol. The molecular weight excluding hydrogens is 289 g/mol. The lowest BCUT2D eigenvalue weighted by Crippen LogP contribution is -2.21. The molecule has 0 unspecified atom stereocenters.